The van der Waals surface area contributed by atoms with Gasteiger partial charge >= 0.3 is 12.1 Å². The minimum atomic E-state index is -1.50. The Morgan fingerprint density at radius 3 is 2.88 bits per heavy atom. The summed E-state index contributed by atoms with van der Waals surface area (Å²) in [7, 11) is 0. The van der Waals surface area contributed by atoms with Crippen molar-refractivity contribution in [2.75, 3.05) is 25.0 Å². The standard InChI is InChI=1S/C34H42FN5O8/c1-21-7-4-13-37-29(42)11-10-22(2)31(23(3)19-47-34(45)38-25-8-5-12-36-18-25)48-33(44)28-9-6-14-40(28)32(43)27-20-46-30(39-27)17-24(35)16-26(41)15-21/h4-5,7-8,10-12,15,18,20,22-24,26,28,31,41H,6,9,13-14,16-17,19H2,1-3H3,(H,37,42)(H,38,45)/b7-4?,11-10+,21-15?/t22-,23-,24-,26-,28-,31+/m1/s1. The number of esters is 1. The summed E-state index contributed by atoms with van der Waals surface area (Å²) >= 11 is 0. The molecule has 258 valence electrons. The Morgan fingerprint density at radius 1 is 1.29 bits per heavy atom. The van der Waals surface area contributed by atoms with Gasteiger partial charge in [-0.15, -0.1) is 0 Å². The fourth-order valence-electron chi connectivity index (χ4n) is 5.53. The van der Waals surface area contributed by atoms with Gasteiger partial charge < -0.3 is 29.2 Å². The second-order valence-electron chi connectivity index (χ2n) is 12.0. The zero-order valence-corrected chi connectivity index (χ0v) is 27.2. The Labute approximate surface area is 278 Å². The van der Waals surface area contributed by atoms with E-state index in [1.54, 1.807) is 57.3 Å². The molecule has 14 heteroatoms. The number of alkyl halides is 1. The van der Waals surface area contributed by atoms with Gasteiger partial charge in [0.15, 0.2) is 11.6 Å². The molecule has 0 unspecified atom stereocenters. The second kappa shape index (κ2) is 17.3. The van der Waals surface area contributed by atoms with Crippen LogP contribution in [0.3, 0.4) is 0 Å². The molecule has 0 aliphatic carbocycles. The van der Waals surface area contributed by atoms with E-state index in [9.17, 15) is 28.7 Å². The molecule has 13 nitrogen and oxygen atoms in total. The summed E-state index contributed by atoms with van der Waals surface area (Å²) in [6, 6.07) is 2.39. The molecule has 0 saturated carbocycles. The zero-order chi connectivity index (χ0) is 34.6. The number of cyclic esters (lactones) is 1. The number of allylic oxidation sites excluding steroid dienone is 2. The molecule has 4 rings (SSSR count). The molecular weight excluding hydrogens is 625 g/mol. The molecule has 2 bridgehead atoms. The average Bonchev–Trinajstić information content (AvgIpc) is 3.73. The topological polar surface area (TPSA) is 173 Å². The number of carbonyl (C=O) groups excluding carboxylic acids is 4. The number of fused-ring (bicyclic) bond motifs is 3. The van der Waals surface area contributed by atoms with Crippen LogP contribution in [-0.4, -0.2) is 88.0 Å². The number of oxazole rings is 1. The van der Waals surface area contributed by atoms with Crippen LogP contribution in [0.2, 0.25) is 0 Å². The second-order valence-corrected chi connectivity index (χ2v) is 12.0. The van der Waals surface area contributed by atoms with Gasteiger partial charge in [-0.3, -0.25) is 19.9 Å². The molecule has 2 aromatic heterocycles. The van der Waals surface area contributed by atoms with E-state index in [2.05, 4.69) is 20.6 Å². The van der Waals surface area contributed by atoms with Gasteiger partial charge in [0.1, 0.15) is 24.6 Å². The molecule has 48 heavy (non-hydrogen) atoms. The van der Waals surface area contributed by atoms with Crippen LogP contribution in [0.15, 0.2) is 71.2 Å². The number of hydrogen-bond acceptors (Lipinski definition) is 10. The lowest BCUT2D eigenvalue weighted by atomic mass is 9.93. The highest BCUT2D eigenvalue weighted by molar-refractivity contribution is 5.95. The fourth-order valence-corrected chi connectivity index (χ4v) is 5.53. The van der Waals surface area contributed by atoms with Gasteiger partial charge in [0.05, 0.1) is 31.0 Å². The van der Waals surface area contributed by atoms with Crippen molar-refractivity contribution in [2.45, 2.75) is 70.9 Å². The van der Waals surface area contributed by atoms with E-state index in [1.807, 2.05) is 0 Å². The number of amides is 3. The number of aromatic nitrogens is 2. The molecule has 6 atom stereocenters. The van der Waals surface area contributed by atoms with Crippen LogP contribution < -0.4 is 10.6 Å². The van der Waals surface area contributed by atoms with Gasteiger partial charge in [0.2, 0.25) is 5.91 Å². The van der Waals surface area contributed by atoms with Crippen molar-refractivity contribution in [3.8, 4) is 0 Å². The Bertz CT molecular complexity index is 1510. The number of hydrogen-bond donors (Lipinski definition) is 3. The molecule has 3 N–H and O–H groups in total. The third kappa shape index (κ3) is 10.6. The summed E-state index contributed by atoms with van der Waals surface area (Å²) in [6.45, 7) is 5.59. The average molecular weight is 668 g/mol. The van der Waals surface area contributed by atoms with E-state index in [0.717, 1.165) is 6.26 Å². The van der Waals surface area contributed by atoms with Crippen molar-refractivity contribution in [1.82, 2.24) is 20.2 Å². The van der Waals surface area contributed by atoms with Crippen molar-refractivity contribution >= 4 is 29.6 Å². The molecule has 2 aliphatic heterocycles. The lowest BCUT2D eigenvalue weighted by molar-refractivity contribution is -0.159. The van der Waals surface area contributed by atoms with Crippen molar-refractivity contribution in [3.05, 3.63) is 78.3 Å². The van der Waals surface area contributed by atoms with Gasteiger partial charge in [-0.25, -0.2) is 19.0 Å². The third-order valence-electron chi connectivity index (χ3n) is 7.95. The number of nitrogens with one attached hydrogen (secondary N) is 2. The number of aliphatic hydroxyl groups excluding tert-OH is 1. The number of rotatable bonds is 4. The monoisotopic (exact) mass is 667 g/mol. The van der Waals surface area contributed by atoms with Crippen LogP contribution >= 0.6 is 0 Å². The largest absolute Gasteiger partial charge is 0.460 e. The number of halogens is 1. The Kier molecular flexibility index (Phi) is 13.0. The van der Waals surface area contributed by atoms with Crippen LogP contribution in [0.1, 0.15) is 56.4 Å². The molecule has 0 radical (unpaired) electrons. The van der Waals surface area contributed by atoms with Crippen molar-refractivity contribution in [1.29, 1.82) is 0 Å². The molecular formula is C34H42FN5O8. The lowest BCUT2D eigenvalue weighted by Crippen LogP contribution is -2.44. The highest BCUT2D eigenvalue weighted by atomic mass is 19.1. The van der Waals surface area contributed by atoms with E-state index >= 15 is 0 Å². The molecule has 0 spiro atoms. The van der Waals surface area contributed by atoms with E-state index in [-0.39, 0.29) is 44.1 Å². The fraction of sp³-hybridized carbons (Fsp3) is 0.471. The molecule has 2 aromatic rings. The summed E-state index contributed by atoms with van der Waals surface area (Å²) in [4.78, 5) is 61.5. The zero-order valence-electron chi connectivity index (χ0n) is 27.2. The first-order valence-electron chi connectivity index (χ1n) is 15.9. The number of anilines is 1. The first-order valence-corrected chi connectivity index (χ1v) is 15.9. The summed E-state index contributed by atoms with van der Waals surface area (Å²) in [5.74, 6) is -2.63. The van der Waals surface area contributed by atoms with Crippen LogP contribution in [0.5, 0.6) is 0 Å². The minimum Gasteiger partial charge on any atom is -0.460 e. The predicted octanol–water partition coefficient (Wildman–Crippen LogP) is 3.93. The highest BCUT2D eigenvalue weighted by Crippen LogP contribution is 2.26. The van der Waals surface area contributed by atoms with Crippen LogP contribution in [0, 0.1) is 11.8 Å². The molecule has 3 amide bonds. The molecule has 1 saturated heterocycles. The maximum absolute atomic E-state index is 14.8. The van der Waals surface area contributed by atoms with Gasteiger partial charge in [-0.05, 0) is 38.0 Å². The van der Waals surface area contributed by atoms with Crippen LogP contribution in [0.4, 0.5) is 14.9 Å². The maximum atomic E-state index is 14.8. The SMILES string of the molecule is CC1=C[C@@H](O)C[C@@H](F)Cc2nc(co2)C(=O)N2CCC[C@@H]2C(=O)O[C@H]([C@H](C)COC(=O)Nc2cccnc2)[C@H](C)/C=C/C(=O)NCC=C1. The number of pyridine rings is 1. The third-order valence-corrected chi connectivity index (χ3v) is 7.95. The normalized spacial score (nSPS) is 26.0. The van der Waals surface area contributed by atoms with Crippen molar-refractivity contribution < 1.29 is 42.6 Å². The van der Waals surface area contributed by atoms with Gasteiger partial charge in [-0.1, -0.05) is 43.7 Å². The highest BCUT2D eigenvalue weighted by Gasteiger charge is 2.39. The Hall–Kier alpha value is -4.85. The quantitative estimate of drug-likeness (QED) is 0.406. The van der Waals surface area contributed by atoms with Gasteiger partial charge in [0.25, 0.3) is 5.91 Å². The van der Waals surface area contributed by atoms with Gasteiger partial charge in [-0.2, -0.15) is 0 Å². The molecule has 4 heterocycles. The van der Waals surface area contributed by atoms with E-state index in [4.69, 9.17) is 13.9 Å². The first-order chi connectivity index (χ1) is 23.0. The lowest BCUT2D eigenvalue weighted by Gasteiger charge is -2.30. The number of aliphatic hydroxyl groups is 1. The predicted molar refractivity (Wildman–Crippen MR) is 172 cm³/mol. The summed E-state index contributed by atoms with van der Waals surface area (Å²) in [5, 5.41) is 15.6. The van der Waals surface area contributed by atoms with E-state index in [1.165, 1.54) is 23.2 Å². The Balaban J connectivity index is 1.54. The minimum absolute atomic E-state index is 0.00633. The first kappa shape index (κ1) is 36.0. The number of ether oxygens (including phenoxy) is 2. The smallest absolute Gasteiger partial charge is 0.411 e. The van der Waals surface area contributed by atoms with Crippen molar-refractivity contribution in [2.24, 2.45) is 11.8 Å². The summed E-state index contributed by atoms with van der Waals surface area (Å²) < 4.78 is 31.6. The van der Waals surface area contributed by atoms with E-state index in [0.29, 0.717) is 24.1 Å². The van der Waals surface area contributed by atoms with Gasteiger partial charge in [0, 0.05) is 37.5 Å². The summed E-state index contributed by atoms with van der Waals surface area (Å²) in [6.07, 6.45) is 8.27. The van der Waals surface area contributed by atoms with Crippen LogP contribution in [-0.2, 0) is 25.5 Å². The van der Waals surface area contributed by atoms with E-state index < -0.39 is 60.1 Å². The molecule has 0 aromatic carbocycles. The number of carbonyl (C=O) groups is 4. The molecule has 1 fully saturated rings. The number of nitrogens with zero attached hydrogens (tertiary/aromatic N) is 3. The molecule has 2 aliphatic rings. The maximum Gasteiger partial charge on any atom is 0.411 e. The summed E-state index contributed by atoms with van der Waals surface area (Å²) in [5.41, 5.74) is 1.05. The van der Waals surface area contributed by atoms with Crippen LogP contribution in [0.25, 0.3) is 0 Å². The Morgan fingerprint density at radius 2 is 2.10 bits per heavy atom. The van der Waals surface area contributed by atoms with Crippen molar-refractivity contribution in [3.63, 3.8) is 0 Å².